The fourth-order valence-electron chi connectivity index (χ4n) is 3.23. The second-order valence-corrected chi connectivity index (χ2v) is 7.13. The van der Waals surface area contributed by atoms with Gasteiger partial charge in [-0.05, 0) is 33.1 Å². The number of aromatic nitrogens is 1. The van der Waals surface area contributed by atoms with Crippen LogP contribution in [0.3, 0.4) is 0 Å². The number of hydrogen-bond donors (Lipinski definition) is 0. The zero-order valence-electron chi connectivity index (χ0n) is 12.5. The van der Waals surface area contributed by atoms with Gasteiger partial charge in [-0.25, -0.2) is 4.98 Å². The number of hydrogen-bond acceptors (Lipinski definition) is 4. The highest BCUT2D eigenvalue weighted by Crippen LogP contribution is 2.30. The fraction of sp³-hybridized carbons (Fsp3) is 0.667. The van der Waals surface area contributed by atoms with Crippen molar-refractivity contribution in [2.75, 3.05) is 13.1 Å². The first-order valence-corrected chi connectivity index (χ1v) is 8.42. The Morgan fingerprint density at radius 1 is 1.33 bits per heavy atom. The molecule has 2 saturated heterocycles. The number of amides is 2. The standard InChI is InChI=1S/C15H21N3O2S/c1-10-9-16-14(21-10)11(2)17-8-6-13(19)18-7-4-3-5-12(18)15(17)20/h9,11-12H,3-8H2,1-2H3. The summed E-state index contributed by atoms with van der Waals surface area (Å²) in [6.07, 6.45) is 5.11. The molecular formula is C15H21N3O2S. The summed E-state index contributed by atoms with van der Waals surface area (Å²) in [4.78, 5) is 34.3. The van der Waals surface area contributed by atoms with Crippen LogP contribution in [0.5, 0.6) is 0 Å². The fourth-order valence-corrected chi connectivity index (χ4v) is 4.07. The van der Waals surface area contributed by atoms with Crippen LogP contribution in [0.2, 0.25) is 0 Å². The highest BCUT2D eigenvalue weighted by molar-refractivity contribution is 7.11. The molecule has 114 valence electrons. The molecule has 1 aromatic rings. The Morgan fingerprint density at radius 3 is 2.86 bits per heavy atom. The molecule has 2 unspecified atom stereocenters. The number of piperidine rings is 1. The van der Waals surface area contributed by atoms with Crippen LogP contribution in [0.25, 0.3) is 0 Å². The van der Waals surface area contributed by atoms with Gasteiger partial charge in [0.2, 0.25) is 11.8 Å². The molecule has 21 heavy (non-hydrogen) atoms. The first-order chi connectivity index (χ1) is 10.1. The zero-order valence-corrected chi connectivity index (χ0v) is 13.4. The van der Waals surface area contributed by atoms with E-state index in [4.69, 9.17) is 0 Å². The van der Waals surface area contributed by atoms with E-state index < -0.39 is 0 Å². The van der Waals surface area contributed by atoms with Crippen LogP contribution in [-0.2, 0) is 9.59 Å². The van der Waals surface area contributed by atoms with Gasteiger partial charge in [0.1, 0.15) is 11.0 Å². The largest absolute Gasteiger partial charge is 0.331 e. The normalized spacial score (nSPS) is 24.8. The Kier molecular flexibility index (Phi) is 3.97. The number of aryl methyl sites for hydroxylation is 1. The molecule has 0 aromatic carbocycles. The van der Waals surface area contributed by atoms with Crippen molar-refractivity contribution < 1.29 is 9.59 Å². The Hall–Kier alpha value is -1.43. The lowest BCUT2D eigenvalue weighted by molar-refractivity contribution is -0.144. The number of nitrogens with zero attached hydrogens (tertiary/aromatic N) is 3. The molecule has 0 saturated carbocycles. The average molecular weight is 307 g/mol. The van der Waals surface area contributed by atoms with E-state index in [1.807, 2.05) is 24.9 Å². The topological polar surface area (TPSA) is 53.5 Å². The summed E-state index contributed by atoms with van der Waals surface area (Å²) in [6, 6.07) is -0.303. The minimum Gasteiger partial charge on any atom is -0.331 e. The third-order valence-electron chi connectivity index (χ3n) is 4.42. The zero-order chi connectivity index (χ0) is 15.0. The van der Waals surface area contributed by atoms with Crippen molar-refractivity contribution in [3.8, 4) is 0 Å². The SMILES string of the molecule is Cc1cnc(C(C)N2CCC(=O)N3CCCCC3C2=O)s1. The van der Waals surface area contributed by atoms with Crippen LogP contribution in [0, 0.1) is 6.92 Å². The highest BCUT2D eigenvalue weighted by atomic mass is 32.1. The molecule has 0 radical (unpaired) electrons. The van der Waals surface area contributed by atoms with Gasteiger partial charge in [-0.1, -0.05) is 0 Å². The number of thiazole rings is 1. The number of carbonyl (C=O) groups is 2. The minimum absolute atomic E-state index is 0.0501. The van der Waals surface area contributed by atoms with Crippen molar-refractivity contribution in [1.29, 1.82) is 0 Å². The molecule has 0 aliphatic carbocycles. The van der Waals surface area contributed by atoms with Gasteiger partial charge >= 0.3 is 0 Å². The molecule has 6 heteroatoms. The van der Waals surface area contributed by atoms with Crippen molar-refractivity contribution in [3.05, 3.63) is 16.1 Å². The second-order valence-electron chi connectivity index (χ2n) is 5.87. The van der Waals surface area contributed by atoms with Crippen LogP contribution >= 0.6 is 11.3 Å². The van der Waals surface area contributed by atoms with E-state index in [1.54, 1.807) is 16.2 Å². The van der Waals surface area contributed by atoms with Gasteiger partial charge < -0.3 is 9.80 Å². The lowest BCUT2D eigenvalue weighted by atomic mass is 10.0. The maximum Gasteiger partial charge on any atom is 0.245 e. The van der Waals surface area contributed by atoms with Crippen molar-refractivity contribution >= 4 is 23.2 Å². The van der Waals surface area contributed by atoms with Gasteiger partial charge in [-0.2, -0.15) is 0 Å². The summed E-state index contributed by atoms with van der Waals surface area (Å²) in [6.45, 7) is 5.27. The van der Waals surface area contributed by atoms with Crippen molar-refractivity contribution in [1.82, 2.24) is 14.8 Å². The Morgan fingerprint density at radius 2 is 2.14 bits per heavy atom. The predicted octanol–water partition coefficient (Wildman–Crippen LogP) is 2.13. The molecule has 3 rings (SSSR count). The lowest BCUT2D eigenvalue weighted by Gasteiger charge is -2.35. The van der Waals surface area contributed by atoms with E-state index in [1.165, 1.54) is 0 Å². The maximum atomic E-state index is 12.9. The van der Waals surface area contributed by atoms with Gasteiger partial charge in [0.25, 0.3) is 0 Å². The van der Waals surface area contributed by atoms with Gasteiger partial charge in [-0.3, -0.25) is 9.59 Å². The van der Waals surface area contributed by atoms with Gasteiger partial charge in [0.05, 0.1) is 6.04 Å². The molecule has 3 heterocycles. The molecule has 0 spiro atoms. The first-order valence-electron chi connectivity index (χ1n) is 7.60. The van der Waals surface area contributed by atoms with Gasteiger partial charge in [0.15, 0.2) is 0 Å². The maximum absolute atomic E-state index is 12.9. The van der Waals surface area contributed by atoms with Gasteiger partial charge in [0, 0.05) is 30.6 Å². The van der Waals surface area contributed by atoms with E-state index in [9.17, 15) is 9.59 Å². The van der Waals surface area contributed by atoms with Crippen LogP contribution in [0.15, 0.2) is 6.20 Å². The molecule has 2 aliphatic heterocycles. The van der Waals surface area contributed by atoms with E-state index >= 15 is 0 Å². The van der Waals surface area contributed by atoms with Crippen LogP contribution < -0.4 is 0 Å². The summed E-state index contributed by atoms with van der Waals surface area (Å²) < 4.78 is 0. The molecule has 0 bridgehead atoms. The second kappa shape index (κ2) is 5.75. The Labute approximate surface area is 129 Å². The van der Waals surface area contributed by atoms with Crippen LogP contribution in [0.4, 0.5) is 0 Å². The summed E-state index contributed by atoms with van der Waals surface area (Å²) >= 11 is 1.62. The third kappa shape index (κ3) is 2.69. The van der Waals surface area contributed by atoms with E-state index in [2.05, 4.69) is 4.98 Å². The Bertz CT molecular complexity index is 557. The first kappa shape index (κ1) is 14.5. The molecule has 2 amide bonds. The molecule has 0 N–H and O–H groups in total. The summed E-state index contributed by atoms with van der Waals surface area (Å²) in [5.74, 6) is 0.221. The van der Waals surface area contributed by atoms with Crippen LogP contribution in [-0.4, -0.2) is 45.7 Å². The molecule has 1 aromatic heterocycles. The van der Waals surface area contributed by atoms with Crippen molar-refractivity contribution in [3.63, 3.8) is 0 Å². The van der Waals surface area contributed by atoms with E-state index in [-0.39, 0.29) is 23.9 Å². The Balaban J connectivity index is 1.85. The number of carbonyl (C=O) groups excluding carboxylic acids is 2. The molecule has 5 nitrogen and oxygen atoms in total. The smallest absolute Gasteiger partial charge is 0.245 e. The summed E-state index contributed by atoms with van der Waals surface area (Å²) in [5.41, 5.74) is 0. The lowest BCUT2D eigenvalue weighted by Crippen LogP contribution is -2.50. The minimum atomic E-state index is -0.253. The number of fused-ring (bicyclic) bond motifs is 1. The molecule has 2 aliphatic rings. The average Bonchev–Trinajstić information content (AvgIpc) is 2.88. The van der Waals surface area contributed by atoms with E-state index in [0.29, 0.717) is 13.0 Å². The quantitative estimate of drug-likeness (QED) is 0.841. The van der Waals surface area contributed by atoms with Gasteiger partial charge in [-0.15, -0.1) is 11.3 Å². The van der Waals surface area contributed by atoms with E-state index in [0.717, 1.165) is 35.7 Å². The molecule has 2 atom stereocenters. The van der Waals surface area contributed by atoms with Crippen molar-refractivity contribution in [2.45, 2.75) is 51.6 Å². The third-order valence-corrected chi connectivity index (χ3v) is 5.50. The molecular weight excluding hydrogens is 286 g/mol. The highest BCUT2D eigenvalue weighted by Gasteiger charge is 2.39. The predicted molar refractivity (Wildman–Crippen MR) is 80.9 cm³/mol. The monoisotopic (exact) mass is 307 g/mol. The number of rotatable bonds is 2. The summed E-state index contributed by atoms with van der Waals surface area (Å²) in [7, 11) is 0. The summed E-state index contributed by atoms with van der Waals surface area (Å²) in [5, 5.41) is 0.956. The molecule has 2 fully saturated rings. The van der Waals surface area contributed by atoms with Crippen LogP contribution in [0.1, 0.15) is 48.5 Å². The van der Waals surface area contributed by atoms with Crippen molar-refractivity contribution in [2.24, 2.45) is 0 Å².